The van der Waals surface area contributed by atoms with Crippen molar-refractivity contribution in [3.05, 3.63) is 46.0 Å². The minimum Gasteiger partial charge on any atom is -0.458 e. The molecule has 0 aromatic heterocycles. The Balaban J connectivity index is 2.47. The van der Waals surface area contributed by atoms with E-state index in [1.807, 2.05) is 30.3 Å². The third-order valence-corrected chi connectivity index (χ3v) is 5.32. The molecule has 1 aromatic rings. The van der Waals surface area contributed by atoms with E-state index in [0.717, 1.165) is 5.56 Å². The molecule has 10 nitrogen and oxygen atoms in total. The standard InChI is InChI=1S/C25H39N3O7/c1-22(2,3)33-19(21(30)34-23(4,5)6)18(27-25(14-26-15-25)16-28(31)32)20(29)35-24(7,8)17-12-10-9-11-13-17/h9-13,18-19,26-27H,14-16H2,1-8H3. The van der Waals surface area contributed by atoms with Crippen molar-refractivity contribution in [2.45, 2.75) is 89.9 Å². The second kappa shape index (κ2) is 10.6. The highest BCUT2D eigenvalue weighted by atomic mass is 16.6. The van der Waals surface area contributed by atoms with E-state index in [1.54, 1.807) is 55.4 Å². The Labute approximate surface area is 207 Å². The number of nitrogens with one attached hydrogen (secondary N) is 2. The smallest absolute Gasteiger partial charge is 0.338 e. The molecule has 0 spiro atoms. The summed E-state index contributed by atoms with van der Waals surface area (Å²) < 4.78 is 17.5. The number of rotatable bonds is 10. The van der Waals surface area contributed by atoms with Gasteiger partial charge in [-0.25, -0.2) is 4.79 Å². The van der Waals surface area contributed by atoms with Gasteiger partial charge in [0.2, 0.25) is 6.54 Å². The van der Waals surface area contributed by atoms with Crippen molar-refractivity contribution in [2.75, 3.05) is 19.6 Å². The largest absolute Gasteiger partial charge is 0.458 e. The molecule has 35 heavy (non-hydrogen) atoms. The summed E-state index contributed by atoms with van der Waals surface area (Å²) in [7, 11) is 0. The summed E-state index contributed by atoms with van der Waals surface area (Å²) in [5.74, 6) is -1.53. The van der Waals surface area contributed by atoms with Crippen LogP contribution in [0.25, 0.3) is 0 Å². The van der Waals surface area contributed by atoms with Gasteiger partial charge < -0.3 is 19.5 Å². The van der Waals surface area contributed by atoms with E-state index in [1.165, 1.54) is 0 Å². The van der Waals surface area contributed by atoms with Crippen LogP contribution in [0.1, 0.15) is 61.0 Å². The summed E-state index contributed by atoms with van der Waals surface area (Å²) >= 11 is 0. The van der Waals surface area contributed by atoms with Gasteiger partial charge in [-0.05, 0) is 61.0 Å². The molecular weight excluding hydrogens is 454 g/mol. The lowest BCUT2D eigenvalue weighted by Gasteiger charge is -2.44. The third kappa shape index (κ3) is 8.55. The summed E-state index contributed by atoms with van der Waals surface area (Å²) in [6, 6.07) is 7.83. The molecule has 1 aromatic carbocycles. The molecule has 1 aliphatic heterocycles. The van der Waals surface area contributed by atoms with Crippen LogP contribution >= 0.6 is 0 Å². The number of ether oxygens (including phenoxy) is 3. The van der Waals surface area contributed by atoms with Gasteiger partial charge in [0.1, 0.15) is 22.8 Å². The normalized spacial score (nSPS) is 17.6. The van der Waals surface area contributed by atoms with Crippen LogP contribution in [0.2, 0.25) is 0 Å². The minimum atomic E-state index is -1.41. The number of esters is 2. The third-order valence-electron chi connectivity index (χ3n) is 5.32. The van der Waals surface area contributed by atoms with Crippen molar-refractivity contribution in [3.8, 4) is 0 Å². The Morgan fingerprint density at radius 1 is 1.00 bits per heavy atom. The Bertz CT molecular complexity index is 900. The van der Waals surface area contributed by atoms with Crippen LogP contribution in [0.4, 0.5) is 0 Å². The maximum absolute atomic E-state index is 13.7. The highest BCUT2D eigenvalue weighted by Gasteiger charge is 2.50. The van der Waals surface area contributed by atoms with E-state index in [-0.39, 0.29) is 13.1 Å². The van der Waals surface area contributed by atoms with E-state index >= 15 is 0 Å². The van der Waals surface area contributed by atoms with Crippen molar-refractivity contribution in [2.24, 2.45) is 0 Å². The molecule has 1 aliphatic rings. The molecule has 0 aliphatic carbocycles. The maximum atomic E-state index is 13.7. The summed E-state index contributed by atoms with van der Waals surface area (Å²) in [5, 5.41) is 17.5. The van der Waals surface area contributed by atoms with Crippen molar-refractivity contribution >= 4 is 11.9 Å². The average molecular weight is 494 g/mol. The van der Waals surface area contributed by atoms with Gasteiger partial charge in [-0.1, -0.05) is 30.3 Å². The first-order valence-electron chi connectivity index (χ1n) is 11.7. The van der Waals surface area contributed by atoms with Crippen LogP contribution in [0.3, 0.4) is 0 Å². The zero-order valence-electron chi connectivity index (χ0n) is 22.0. The second-order valence-corrected chi connectivity index (χ2v) is 11.5. The molecule has 2 unspecified atom stereocenters. The molecule has 10 heteroatoms. The van der Waals surface area contributed by atoms with Crippen LogP contribution < -0.4 is 10.6 Å². The summed E-state index contributed by atoms with van der Waals surface area (Å²) in [5.41, 5.74) is -3.00. The molecule has 2 atom stereocenters. The maximum Gasteiger partial charge on any atom is 0.338 e. The van der Waals surface area contributed by atoms with E-state index in [2.05, 4.69) is 10.6 Å². The minimum absolute atomic E-state index is 0.246. The van der Waals surface area contributed by atoms with Gasteiger partial charge in [0, 0.05) is 18.0 Å². The van der Waals surface area contributed by atoms with Gasteiger partial charge in [-0.2, -0.15) is 0 Å². The van der Waals surface area contributed by atoms with Crippen molar-refractivity contribution in [1.29, 1.82) is 0 Å². The Kier molecular flexibility index (Phi) is 8.68. The number of carbonyl (C=O) groups excluding carboxylic acids is 2. The number of hydrogen-bond acceptors (Lipinski definition) is 9. The molecular formula is C25H39N3O7. The second-order valence-electron chi connectivity index (χ2n) is 11.5. The molecule has 0 bridgehead atoms. The molecule has 0 saturated carbocycles. The first kappa shape index (κ1) is 28.7. The number of nitro groups is 1. The Hall–Kier alpha value is -2.56. The lowest BCUT2D eigenvalue weighted by atomic mass is 9.90. The number of hydrogen-bond donors (Lipinski definition) is 2. The quantitative estimate of drug-likeness (QED) is 0.287. The first-order valence-corrected chi connectivity index (χ1v) is 11.7. The molecule has 2 rings (SSSR count). The lowest BCUT2D eigenvalue weighted by Crippen LogP contribution is -2.75. The zero-order valence-corrected chi connectivity index (χ0v) is 22.0. The van der Waals surface area contributed by atoms with Gasteiger partial charge in [0.15, 0.2) is 6.10 Å². The first-order chi connectivity index (χ1) is 15.9. The fraction of sp³-hybridized carbons (Fsp3) is 0.680. The number of carbonyl (C=O) groups is 2. The summed E-state index contributed by atoms with van der Waals surface area (Å²) in [4.78, 5) is 37.9. The number of benzene rings is 1. The summed E-state index contributed by atoms with van der Waals surface area (Å²) in [6.45, 7) is 13.9. The van der Waals surface area contributed by atoms with E-state index in [4.69, 9.17) is 14.2 Å². The molecule has 0 amide bonds. The molecule has 196 valence electrons. The van der Waals surface area contributed by atoms with Gasteiger partial charge in [0.05, 0.1) is 5.60 Å². The predicted octanol–water partition coefficient (Wildman–Crippen LogP) is 2.57. The van der Waals surface area contributed by atoms with Crippen molar-refractivity contribution < 1.29 is 28.7 Å². The van der Waals surface area contributed by atoms with Crippen molar-refractivity contribution in [3.63, 3.8) is 0 Å². The van der Waals surface area contributed by atoms with Gasteiger partial charge in [0.25, 0.3) is 0 Å². The molecule has 1 saturated heterocycles. The monoisotopic (exact) mass is 493 g/mol. The Morgan fingerprint density at radius 2 is 1.57 bits per heavy atom. The topological polar surface area (TPSA) is 129 Å². The zero-order chi connectivity index (χ0) is 26.7. The molecule has 0 radical (unpaired) electrons. The molecule has 1 heterocycles. The summed E-state index contributed by atoms with van der Waals surface area (Å²) in [6.07, 6.45) is -1.41. The molecule has 1 fully saturated rings. The van der Waals surface area contributed by atoms with E-state index < -0.39 is 57.9 Å². The van der Waals surface area contributed by atoms with Crippen LogP contribution in [-0.4, -0.2) is 65.4 Å². The van der Waals surface area contributed by atoms with Crippen LogP contribution in [-0.2, 0) is 29.4 Å². The molecule has 2 N–H and O–H groups in total. The van der Waals surface area contributed by atoms with Crippen LogP contribution in [0, 0.1) is 10.1 Å². The number of nitrogens with zero attached hydrogens (tertiary/aromatic N) is 1. The highest BCUT2D eigenvalue weighted by Crippen LogP contribution is 2.28. The van der Waals surface area contributed by atoms with Gasteiger partial charge >= 0.3 is 11.9 Å². The van der Waals surface area contributed by atoms with E-state index in [0.29, 0.717) is 0 Å². The van der Waals surface area contributed by atoms with Crippen molar-refractivity contribution in [1.82, 2.24) is 10.6 Å². The van der Waals surface area contributed by atoms with Gasteiger partial charge in [-0.3, -0.25) is 20.2 Å². The van der Waals surface area contributed by atoms with Crippen LogP contribution in [0.5, 0.6) is 0 Å². The SMILES string of the molecule is CC(C)(C)OC(=O)C(OC(C)(C)C)C(NC1(C[N+](=O)[O-])CNC1)C(=O)OC(C)(C)c1ccccc1. The van der Waals surface area contributed by atoms with Gasteiger partial charge in [-0.15, -0.1) is 0 Å². The van der Waals surface area contributed by atoms with E-state index in [9.17, 15) is 19.7 Å². The lowest BCUT2D eigenvalue weighted by molar-refractivity contribution is -0.493. The fourth-order valence-electron chi connectivity index (χ4n) is 3.73. The predicted molar refractivity (Wildman–Crippen MR) is 130 cm³/mol. The fourth-order valence-corrected chi connectivity index (χ4v) is 3.73. The van der Waals surface area contributed by atoms with Crippen LogP contribution in [0.15, 0.2) is 30.3 Å². The Morgan fingerprint density at radius 3 is 2.00 bits per heavy atom. The average Bonchev–Trinajstić information content (AvgIpc) is 2.66. The highest BCUT2D eigenvalue weighted by molar-refractivity contribution is 5.87.